The van der Waals surface area contributed by atoms with E-state index in [9.17, 15) is 14.7 Å². The SMILES string of the molecule is CCOc1ccc(/C(O)=C2/C(=O)C(=O)N(c3ccccc3OC)C2c2cccnc2)cc1C. The Labute approximate surface area is 191 Å². The van der Waals surface area contributed by atoms with Gasteiger partial charge in [-0.1, -0.05) is 18.2 Å². The molecule has 1 amide bonds. The van der Waals surface area contributed by atoms with Crippen molar-refractivity contribution in [3.05, 3.63) is 89.3 Å². The molecule has 1 fully saturated rings. The molecule has 2 aromatic carbocycles. The van der Waals surface area contributed by atoms with Gasteiger partial charge in [-0.05, 0) is 61.4 Å². The molecule has 0 spiro atoms. The number of hydrogen-bond donors (Lipinski definition) is 1. The van der Waals surface area contributed by atoms with Gasteiger partial charge in [0, 0.05) is 18.0 Å². The lowest BCUT2D eigenvalue weighted by Crippen LogP contribution is -2.29. The van der Waals surface area contributed by atoms with E-state index in [0.717, 1.165) is 5.56 Å². The molecule has 7 heteroatoms. The Balaban J connectivity index is 1.92. The number of carbonyl (C=O) groups is 2. The molecule has 4 rings (SSSR count). The number of ketones is 1. The molecular weight excluding hydrogens is 420 g/mol. The first-order chi connectivity index (χ1) is 16.0. The van der Waals surface area contributed by atoms with Gasteiger partial charge in [-0.15, -0.1) is 0 Å². The van der Waals surface area contributed by atoms with Crippen molar-refractivity contribution in [2.45, 2.75) is 19.9 Å². The van der Waals surface area contributed by atoms with Gasteiger partial charge in [0.05, 0.1) is 31.0 Å². The lowest BCUT2D eigenvalue weighted by molar-refractivity contribution is -0.132. The Morgan fingerprint density at radius 1 is 1.09 bits per heavy atom. The summed E-state index contributed by atoms with van der Waals surface area (Å²) < 4.78 is 11.0. The molecule has 1 unspecified atom stereocenters. The number of pyridine rings is 1. The number of aliphatic hydroxyl groups excluding tert-OH is 1. The topological polar surface area (TPSA) is 89.0 Å². The highest BCUT2D eigenvalue weighted by atomic mass is 16.5. The van der Waals surface area contributed by atoms with E-state index >= 15 is 0 Å². The molecule has 1 aromatic heterocycles. The highest BCUT2D eigenvalue weighted by Crippen LogP contribution is 2.44. The summed E-state index contributed by atoms with van der Waals surface area (Å²) in [6, 6.07) is 14.7. The van der Waals surface area contributed by atoms with Crippen LogP contribution in [0, 0.1) is 6.92 Å². The van der Waals surface area contributed by atoms with Crippen molar-refractivity contribution >= 4 is 23.1 Å². The van der Waals surface area contributed by atoms with E-state index in [2.05, 4.69) is 4.98 Å². The number of amides is 1. The largest absolute Gasteiger partial charge is 0.507 e. The van der Waals surface area contributed by atoms with E-state index in [-0.39, 0.29) is 11.3 Å². The first kappa shape index (κ1) is 22.1. The molecular formula is C26H24N2O5. The average molecular weight is 444 g/mol. The zero-order valence-corrected chi connectivity index (χ0v) is 18.6. The standard InChI is InChI=1S/C26H24N2O5/c1-4-33-20-12-11-17(14-16(20)2)24(29)22-23(18-8-7-13-27-15-18)28(26(31)25(22)30)19-9-5-6-10-21(19)32-3/h5-15,23,29H,4H2,1-3H3/b24-22-. The number of aryl methyl sites for hydroxylation is 1. The van der Waals surface area contributed by atoms with Crippen molar-refractivity contribution in [3.8, 4) is 11.5 Å². The number of methoxy groups -OCH3 is 1. The molecule has 33 heavy (non-hydrogen) atoms. The minimum absolute atomic E-state index is 0.0116. The third-order valence-corrected chi connectivity index (χ3v) is 5.54. The van der Waals surface area contributed by atoms with Gasteiger partial charge in [0.2, 0.25) is 0 Å². The van der Waals surface area contributed by atoms with Crippen LogP contribution in [0.5, 0.6) is 11.5 Å². The molecule has 2 heterocycles. The summed E-state index contributed by atoms with van der Waals surface area (Å²) in [6.45, 7) is 4.26. The number of aliphatic hydroxyl groups is 1. The summed E-state index contributed by atoms with van der Waals surface area (Å²) in [5.74, 6) is -0.667. The fraction of sp³-hybridized carbons (Fsp3) is 0.192. The minimum Gasteiger partial charge on any atom is -0.507 e. The van der Waals surface area contributed by atoms with Crippen LogP contribution in [-0.2, 0) is 9.59 Å². The van der Waals surface area contributed by atoms with Crippen molar-refractivity contribution in [2.75, 3.05) is 18.6 Å². The van der Waals surface area contributed by atoms with Crippen molar-refractivity contribution in [2.24, 2.45) is 0 Å². The third-order valence-electron chi connectivity index (χ3n) is 5.54. The normalized spacial score (nSPS) is 17.3. The maximum Gasteiger partial charge on any atom is 0.300 e. The number of para-hydroxylation sites is 2. The van der Waals surface area contributed by atoms with Gasteiger partial charge in [0.1, 0.15) is 17.3 Å². The van der Waals surface area contributed by atoms with Crippen LogP contribution in [-0.4, -0.2) is 35.5 Å². The van der Waals surface area contributed by atoms with E-state index < -0.39 is 17.7 Å². The van der Waals surface area contributed by atoms with E-state index in [1.165, 1.54) is 12.0 Å². The van der Waals surface area contributed by atoms with Gasteiger partial charge >= 0.3 is 0 Å². The van der Waals surface area contributed by atoms with Crippen LogP contribution in [0.15, 0.2) is 72.6 Å². The molecule has 1 aliphatic rings. The number of benzene rings is 2. The smallest absolute Gasteiger partial charge is 0.300 e. The molecule has 1 aliphatic heterocycles. The Kier molecular flexibility index (Phi) is 6.13. The fourth-order valence-electron chi connectivity index (χ4n) is 4.03. The van der Waals surface area contributed by atoms with Gasteiger partial charge in [-0.25, -0.2) is 0 Å². The maximum absolute atomic E-state index is 13.2. The molecule has 7 nitrogen and oxygen atoms in total. The van der Waals surface area contributed by atoms with E-state index in [1.54, 1.807) is 67.0 Å². The van der Waals surface area contributed by atoms with Crippen molar-refractivity contribution in [3.63, 3.8) is 0 Å². The van der Waals surface area contributed by atoms with Crippen LogP contribution >= 0.6 is 0 Å². The van der Waals surface area contributed by atoms with Gasteiger partial charge in [0.15, 0.2) is 0 Å². The summed E-state index contributed by atoms with van der Waals surface area (Å²) in [5.41, 5.74) is 2.23. The number of carbonyl (C=O) groups excluding carboxylic acids is 2. The van der Waals surface area contributed by atoms with Crippen LogP contribution < -0.4 is 14.4 Å². The molecule has 0 bridgehead atoms. The molecule has 1 atom stereocenters. The predicted molar refractivity (Wildman–Crippen MR) is 124 cm³/mol. The Bertz CT molecular complexity index is 1240. The highest BCUT2D eigenvalue weighted by molar-refractivity contribution is 6.51. The number of rotatable bonds is 6. The number of aromatic nitrogens is 1. The van der Waals surface area contributed by atoms with Crippen LogP contribution in [0.4, 0.5) is 5.69 Å². The molecule has 0 saturated carbocycles. The summed E-state index contributed by atoms with van der Waals surface area (Å²) in [7, 11) is 1.50. The molecule has 1 N–H and O–H groups in total. The first-order valence-corrected chi connectivity index (χ1v) is 10.6. The van der Waals surface area contributed by atoms with Crippen molar-refractivity contribution in [1.82, 2.24) is 4.98 Å². The molecule has 168 valence electrons. The van der Waals surface area contributed by atoms with Crippen LogP contribution in [0.2, 0.25) is 0 Å². The van der Waals surface area contributed by atoms with Crippen molar-refractivity contribution in [1.29, 1.82) is 0 Å². The second kappa shape index (κ2) is 9.16. The number of Topliss-reactive ketones (excluding diaryl/α,β-unsaturated/α-hetero) is 1. The average Bonchev–Trinajstić information content (AvgIpc) is 3.10. The summed E-state index contributed by atoms with van der Waals surface area (Å²) in [5, 5.41) is 11.3. The van der Waals surface area contributed by atoms with Gasteiger partial charge in [-0.3, -0.25) is 19.5 Å². The maximum atomic E-state index is 13.2. The van der Waals surface area contributed by atoms with Gasteiger partial charge in [-0.2, -0.15) is 0 Å². The van der Waals surface area contributed by atoms with Crippen molar-refractivity contribution < 1.29 is 24.2 Å². The quantitative estimate of drug-likeness (QED) is 0.344. The highest BCUT2D eigenvalue weighted by Gasteiger charge is 2.47. The minimum atomic E-state index is -0.873. The summed E-state index contributed by atoms with van der Waals surface area (Å²) in [6.07, 6.45) is 3.18. The van der Waals surface area contributed by atoms with Gasteiger partial charge in [0.25, 0.3) is 11.7 Å². The monoisotopic (exact) mass is 444 g/mol. The Morgan fingerprint density at radius 2 is 1.88 bits per heavy atom. The number of anilines is 1. The lowest BCUT2D eigenvalue weighted by atomic mass is 9.95. The van der Waals surface area contributed by atoms with E-state index in [0.29, 0.717) is 34.9 Å². The fourth-order valence-corrected chi connectivity index (χ4v) is 4.03. The second-order valence-corrected chi connectivity index (χ2v) is 7.54. The number of ether oxygens (including phenoxy) is 2. The Hall–Kier alpha value is -4.13. The van der Waals surface area contributed by atoms with Crippen LogP contribution in [0.25, 0.3) is 5.76 Å². The van der Waals surface area contributed by atoms with E-state index in [1.807, 2.05) is 13.8 Å². The summed E-state index contributed by atoms with van der Waals surface area (Å²) in [4.78, 5) is 32.0. The number of hydrogen-bond acceptors (Lipinski definition) is 6. The molecule has 0 aliphatic carbocycles. The zero-order valence-electron chi connectivity index (χ0n) is 18.6. The third kappa shape index (κ3) is 3.93. The second-order valence-electron chi connectivity index (χ2n) is 7.54. The van der Waals surface area contributed by atoms with E-state index in [4.69, 9.17) is 9.47 Å². The predicted octanol–water partition coefficient (Wildman–Crippen LogP) is 4.42. The lowest BCUT2D eigenvalue weighted by Gasteiger charge is -2.26. The molecule has 0 radical (unpaired) electrons. The Morgan fingerprint density at radius 3 is 2.55 bits per heavy atom. The molecule has 3 aromatic rings. The summed E-state index contributed by atoms with van der Waals surface area (Å²) >= 11 is 0. The first-order valence-electron chi connectivity index (χ1n) is 10.6. The van der Waals surface area contributed by atoms with Gasteiger partial charge < -0.3 is 14.6 Å². The van der Waals surface area contributed by atoms with Crippen LogP contribution in [0.1, 0.15) is 29.7 Å². The number of nitrogens with zero attached hydrogens (tertiary/aromatic N) is 2. The zero-order chi connectivity index (χ0) is 23.5. The molecule has 1 saturated heterocycles. The van der Waals surface area contributed by atoms with Crippen LogP contribution in [0.3, 0.4) is 0 Å².